The number of aromatic carboxylic acids is 1. The first-order valence-electron chi connectivity index (χ1n) is 3.63. The molecule has 0 atom stereocenters. The largest absolute Gasteiger partial charge is 0.496 e. The van der Waals surface area contributed by atoms with Crippen molar-refractivity contribution in [1.82, 2.24) is 0 Å². The maximum atomic E-state index is 10.8. The number of carboxylic acids is 1. The molecule has 0 fully saturated rings. The Morgan fingerprint density at radius 1 is 1.54 bits per heavy atom. The SMILES string of the molecule is COc1c(C)cc(I)cc1C(=O)O. The molecule has 3 nitrogen and oxygen atoms in total. The normalized spacial score (nSPS) is 9.77. The molecule has 0 aliphatic heterocycles. The van der Waals surface area contributed by atoms with Crippen LogP contribution in [-0.2, 0) is 0 Å². The summed E-state index contributed by atoms with van der Waals surface area (Å²) in [6, 6.07) is 3.47. The van der Waals surface area contributed by atoms with Gasteiger partial charge in [-0.25, -0.2) is 4.79 Å². The number of rotatable bonds is 2. The summed E-state index contributed by atoms with van der Waals surface area (Å²) in [4.78, 5) is 10.8. The first kappa shape index (κ1) is 10.3. The Kier molecular flexibility index (Phi) is 3.13. The van der Waals surface area contributed by atoms with Crippen LogP contribution in [0.3, 0.4) is 0 Å². The standard InChI is InChI=1S/C9H9IO3/c1-5-3-6(10)4-7(9(11)12)8(5)13-2/h3-4H,1-2H3,(H,11,12). The van der Waals surface area contributed by atoms with Gasteiger partial charge in [-0.05, 0) is 47.2 Å². The van der Waals surface area contributed by atoms with Crippen molar-refractivity contribution in [3.05, 3.63) is 26.8 Å². The van der Waals surface area contributed by atoms with E-state index in [1.807, 2.05) is 13.0 Å². The van der Waals surface area contributed by atoms with E-state index < -0.39 is 5.97 Å². The molecule has 1 N–H and O–H groups in total. The van der Waals surface area contributed by atoms with Crippen molar-refractivity contribution in [2.24, 2.45) is 0 Å². The van der Waals surface area contributed by atoms with Gasteiger partial charge in [0.25, 0.3) is 0 Å². The Morgan fingerprint density at radius 2 is 2.15 bits per heavy atom. The third-order valence-corrected chi connectivity index (χ3v) is 2.30. The van der Waals surface area contributed by atoms with Crippen LogP contribution in [0.1, 0.15) is 15.9 Å². The monoisotopic (exact) mass is 292 g/mol. The number of benzene rings is 1. The van der Waals surface area contributed by atoms with Gasteiger partial charge in [-0.15, -0.1) is 0 Å². The summed E-state index contributed by atoms with van der Waals surface area (Å²) in [6.07, 6.45) is 0. The molecule has 0 unspecified atom stereocenters. The van der Waals surface area contributed by atoms with E-state index in [-0.39, 0.29) is 5.56 Å². The summed E-state index contributed by atoms with van der Waals surface area (Å²) in [5.74, 6) is -0.522. The highest BCUT2D eigenvalue weighted by molar-refractivity contribution is 14.1. The summed E-state index contributed by atoms with van der Waals surface area (Å²) >= 11 is 2.08. The number of hydrogen-bond acceptors (Lipinski definition) is 2. The zero-order valence-corrected chi connectivity index (χ0v) is 9.45. The molecular formula is C9H9IO3. The number of halogens is 1. The number of hydrogen-bond donors (Lipinski definition) is 1. The topological polar surface area (TPSA) is 46.5 Å². The van der Waals surface area contributed by atoms with Gasteiger partial charge in [0, 0.05) is 3.57 Å². The van der Waals surface area contributed by atoms with Gasteiger partial charge in [0.05, 0.1) is 7.11 Å². The third-order valence-electron chi connectivity index (χ3n) is 1.67. The zero-order valence-electron chi connectivity index (χ0n) is 7.30. The van der Waals surface area contributed by atoms with Crippen molar-refractivity contribution in [3.8, 4) is 5.75 Å². The van der Waals surface area contributed by atoms with Gasteiger partial charge in [-0.2, -0.15) is 0 Å². The van der Waals surface area contributed by atoms with Crippen molar-refractivity contribution in [2.75, 3.05) is 7.11 Å². The fraction of sp³-hybridized carbons (Fsp3) is 0.222. The molecule has 70 valence electrons. The minimum Gasteiger partial charge on any atom is -0.496 e. The van der Waals surface area contributed by atoms with Crippen LogP contribution in [0.25, 0.3) is 0 Å². The number of aryl methyl sites for hydroxylation is 1. The maximum absolute atomic E-state index is 10.8. The molecule has 1 aromatic rings. The van der Waals surface area contributed by atoms with Crippen LogP contribution in [0, 0.1) is 10.5 Å². The minimum atomic E-state index is -0.960. The fourth-order valence-electron chi connectivity index (χ4n) is 1.16. The van der Waals surface area contributed by atoms with Gasteiger partial charge < -0.3 is 9.84 Å². The Morgan fingerprint density at radius 3 is 2.62 bits per heavy atom. The molecule has 0 spiro atoms. The summed E-state index contributed by atoms with van der Waals surface area (Å²) in [7, 11) is 1.47. The van der Waals surface area contributed by atoms with E-state index in [1.165, 1.54) is 7.11 Å². The van der Waals surface area contributed by atoms with Crippen LogP contribution >= 0.6 is 22.6 Å². The maximum Gasteiger partial charge on any atom is 0.339 e. The highest BCUT2D eigenvalue weighted by Gasteiger charge is 2.13. The smallest absolute Gasteiger partial charge is 0.339 e. The van der Waals surface area contributed by atoms with Gasteiger partial charge >= 0.3 is 5.97 Å². The Balaban J connectivity index is 3.38. The second-order valence-corrected chi connectivity index (χ2v) is 3.85. The van der Waals surface area contributed by atoms with Gasteiger partial charge in [-0.3, -0.25) is 0 Å². The Hall–Kier alpha value is -0.780. The number of methoxy groups -OCH3 is 1. The van der Waals surface area contributed by atoms with Crippen molar-refractivity contribution in [1.29, 1.82) is 0 Å². The van der Waals surface area contributed by atoms with E-state index in [4.69, 9.17) is 9.84 Å². The van der Waals surface area contributed by atoms with E-state index in [9.17, 15) is 4.79 Å². The molecule has 0 aliphatic rings. The van der Waals surface area contributed by atoms with Crippen molar-refractivity contribution < 1.29 is 14.6 Å². The molecule has 1 aromatic carbocycles. The quantitative estimate of drug-likeness (QED) is 0.851. The van der Waals surface area contributed by atoms with E-state index in [1.54, 1.807) is 6.07 Å². The lowest BCUT2D eigenvalue weighted by Gasteiger charge is -2.08. The van der Waals surface area contributed by atoms with E-state index in [0.29, 0.717) is 5.75 Å². The second kappa shape index (κ2) is 3.95. The minimum absolute atomic E-state index is 0.215. The highest BCUT2D eigenvalue weighted by atomic mass is 127. The fourth-order valence-corrected chi connectivity index (χ4v) is 1.94. The van der Waals surface area contributed by atoms with Crippen molar-refractivity contribution in [2.45, 2.75) is 6.92 Å². The van der Waals surface area contributed by atoms with Crippen LogP contribution in [0.5, 0.6) is 5.75 Å². The van der Waals surface area contributed by atoms with Gasteiger partial charge in [0.1, 0.15) is 11.3 Å². The van der Waals surface area contributed by atoms with Crippen molar-refractivity contribution >= 4 is 28.6 Å². The van der Waals surface area contributed by atoms with E-state index >= 15 is 0 Å². The molecule has 0 saturated heterocycles. The highest BCUT2D eigenvalue weighted by Crippen LogP contribution is 2.25. The first-order chi connectivity index (χ1) is 6.06. The predicted octanol–water partition coefficient (Wildman–Crippen LogP) is 2.31. The van der Waals surface area contributed by atoms with Gasteiger partial charge in [-0.1, -0.05) is 0 Å². The molecule has 0 aliphatic carbocycles. The summed E-state index contributed by atoms with van der Waals surface area (Å²) in [6.45, 7) is 1.83. The summed E-state index contributed by atoms with van der Waals surface area (Å²) < 4.78 is 5.90. The Bertz CT molecular complexity index is 347. The Labute approximate surface area is 89.9 Å². The predicted molar refractivity (Wildman–Crippen MR) is 57.4 cm³/mol. The molecule has 4 heteroatoms. The molecule has 1 rings (SSSR count). The second-order valence-electron chi connectivity index (χ2n) is 2.61. The zero-order chi connectivity index (χ0) is 10.0. The van der Waals surface area contributed by atoms with Crippen LogP contribution in [-0.4, -0.2) is 18.2 Å². The van der Waals surface area contributed by atoms with Gasteiger partial charge in [0.2, 0.25) is 0 Å². The van der Waals surface area contributed by atoms with Crippen molar-refractivity contribution in [3.63, 3.8) is 0 Å². The van der Waals surface area contributed by atoms with Crippen LogP contribution in [0.4, 0.5) is 0 Å². The van der Waals surface area contributed by atoms with Crippen LogP contribution < -0.4 is 4.74 Å². The third kappa shape index (κ3) is 2.12. The van der Waals surface area contributed by atoms with Crippen LogP contribution in [0.15, 0.2) is 12.1 Å². The molecule has 0 bridgehead atoms. The average Bonchev–Trinajstić information content (AvgIpc) is 2.02. The van der Waals surface area contributed by atoms with E-state index in [0.717, 1.165) is 9.13 Å². The number of carboxylic acid groups (broad SMARTS) is 1. The number of ether oxygens (including phenoxy) is 1. The molecule has 0 heterocycles. The number of carbonyl (C=O) groups is 1. The molecule has 0 saturated carbocycles. The molecule has 0 aromatic heterocycles. The molecule has 0 radical (unpaired) electrons. The molecular weight excluding hydrogens is 283 g/mol. The average molecular weight is 292 g/mol. The first-order valence-corrected chi connectivity index (χ1v) is 4.71. The summed E-state index contributed by atoms with van der Waals surface area (Å²) in [5, 5.41) is 8.86. The summed E-state index contributed by atoms with van der Waals surface area (Å²) in [5.41, 5.74) is 1.05. The molecule has 13 heavy (non-hydrogen) atoms. The molecule has 0 amide bonds. The van der Waals surface area contributed by atoms with E-state index in [2.05, 4.69) is 22.6 Å². The lowest BCUT2D eigenvalue weighted by Crippen LogP contribution is -2.02. The lowest BCUT2D eigenvalue weighted by atomic mass is 10.1. The van der Waals surface area contributed by atoms with Crippen LogP contribution in [0.2, 0.25) is 0 Å². The lowest BCUT2D eigenvalue weighted by molar-refractivity contribution is 0.0693. The van der Waals surface area contributed by atoms with Gasteiger partial charge in [0.15, 0.2) is 0 Å².